The lowest BCUT2D eigenvalue weighted by Gasteiger charge is -2.11. The number of hydrogen-bond acceptors (Lipinski definition) is 4. The van der Waals surface area contributed by atoms with Crippen molar-refractivity contribution in [1.82, 2.24) is 5.43 Å². The fraction of sp³-hybridized carbons (Fsp3) is 0.273. The lowest BCUT2D eigenvalue weighted by atomic mass is 10.2. The Kier molecular flexibility index (Phi) is 3.53. The summed E-state index contributed by atoms with van der Waals surface area (Å²) < 4.78 is 0. The Morgan fingerprint density at radius 2 is 2.20 bits per heavy atom. The highest BCUT2D eigenvalue weighted by molar-refractivity contribution is 7.13. The molecule has 0 saturated heterocycles. The van der Waals surface area contributed by atoms with E-state index in [1.165, 1.54) is 14.6 Å². The van der Waals surface area contributed by atoms with Gasteiger partial charge in [-0.1, -0.05) is 13.0 Å². The van der Waals surface area contributed by atoms with Crippen molar-refractivity contribution >= 4 is 22.7 Å². The summed E-state index contributed by atoms with van der Waals surface area (Å²) in [5.74, 6) is 5.61. The molecular weight excluding hydrogens is 224 g/mol. The van der Waals surface area contributed by atoms with Crippen molar-refractivity contribution in [2.75, 3.05) is 0 Å². The molecule has 0 radical (unpaired) electrons. The first-order chi connectivity index (χ1) is 7.35. The van der Waals surface area contributed by atoms with Gasteiger partial charge in [0.15, 0.2) is 0 Å². The zero-order valence-electron chi connectivity index (χ0n) is 8.57. The van der Waals surface area contributed by atoms with Crippen LogP contribution in [0.1, 0.15) is 27.6 Å². The summed E-state index contributed by atoms with van der Waals surface area (Å²) in [6.45, 7) is 2.17. The Labute approximate surface area is 97.7 Å². The molecule has 2 aromatic rings. The van der Waals surface area contributed by atoms with Gasteiger partial charge in [-0.05, 0) is 30.0 Å². The molecule has 4 heteroatoms. The third-order valence-corrected chi connectivity index (χ3v) is 4.54. The molecule has 1 atom stereocenters. The summed E-state index contributed by atoms with van der Waals surface area (Å²) in [4.78, 5) is 3.96. The number of nitrogens with two attached hydrogens (primary N) is 1. The van der Waals surface area contributed by atoms with Crippen LogP contribution in [0, 0.1) is 0 Å². The van der Waals surface area contributed by atoms with Gasteiger partial charge in [-0.2, -0.15) is 0 Å². The average molecular weight is 238 g/mol. The van der Waals surface area contributed by atoms with Gasteiger partial charge in [0.2, 0.25) is 0 Å². The SMILES string of the molecule is CCc1ccc(C(NN)c2cccs2)s1. The molecule has 0 fully saturated rings. The lowest BCUT2D eigenvalue weighted by Crippen LogP contribution is -2.27. The zero-order valence-corrected chi connectivity index (χ0v) is 10.2. The molecule has 0 saturated carbocycles. The van der Waals surface area contributed by atoms with Crippen LogP contribution in [0.3, 0.4) is 0 Å². The first-order valence-electron chi connectivity index (χ1n) is 4.93. The predicted molar refractivity (Wildman–Crippen MR) is 67.2 cm³/mol. The first-order valence-corrected chi connectivity index (χ1v) is 6.63. The van der Waals surface area contributed by atoms with Crippen LogP contribution in [0.5, 0.6) is 0 Å². The quantitative estimate of drug-likeness (QED) is 0.635. The first kappa shape index (κ1) is 10.8. The largest absolute Gasteiger partial charge is 0.271 e. The molecule has 3 N–H and O–H groups in total. The maximum absolute atomic E-state index is 5.61. The Bertz CT molecular complexity index is 406. The maximum Gasteiger partial charge on any atom is 0.0894 e. The van der Waals surface area contributed by atoms with Gasteiger partial charge in [-0.15, -0.1) is 22.7 Å². The minimum Gasteiger partial charge on any atom is -0.271 e. The van der Waals surface area contributed by atoms with Crippen molar-refractivity contribution in [3.05, 3.63) is 44.3 Å². The van der Waals surface area contributed by atoms with Crippen molar-refractivity contribution in [2.24, 2.45) is 5.84 Å². The molecule has 2 aromatic heterocycles. The molecular formula is C11H14N2S2. The average Bonchev–Trinajstić information content (AvgIpc) is 2.89. The molecule has 2 rings (SSSR count). The Morgan fingerprint density at radius 3 is 2.73 bits per heavy atom. The van der Waals surface area contributed by atoms with Crippen molar-refractivity contribution in [3.8, 4) is 0 Å². The smallest absolute Gasteiger partial charge is 0.0894 e. The second kappa shape index (κ2) is 4.90. The van der Waals surface area contributed by atoms with Crippen LogP contribution in [0.25, 0.3) is 0 Å². The third kappa shape index (κ3) is 2.29. The van der Waals surface area contributed by atoms with Crippen LogP contribution >= 0.6 is 22.7 Å². The molecule has 0 aromatic carbocycles. The van der Waals surface area contributed by atoms with Crippen LogP contribution in [-0.4, -0.2) is 0 Å². The minimum atomic E-state index is 0.148. The molecule has 0 bridgehead atoms. The van der Waals surface area contributed by atoms with Gasteiger partial charge in [0.1, 0.15) is 0 Å². The van der Waals surface area contributed by atoms with Gasteiger partial charge in [-0.3, -0.25) is 5.84 Å². The van der Waals surface area contributed by atoms with Gasteiger partial charge in [0.25, 0.3) is 0 Å². The summed E-state index contributed by atoms with van der Waals surface area (Å²) >= 11 is 3.56. The Hall–Kier alpha value is -0.680. The van der Waals surface area contributed by atoms with Crippen LogP contribution in [0.2, 0.25) is 0 Å². The van der Waals surface area contributed by atoms with Gasteiger partial charge in [0, 0.05) is 14.6 Å². The van der Waals surface area contributed by atoms with Crippen molar-refractivity contribution in [1.29, 1.82) is 0 Å². The van der Waals surface area contributed by atoms with Crippen molar-refractivity contribution < 1.29 is 0 Å². The van der Waals surface area contributed by atoms with E-state index >= 15 is 0 Å². The van der Waals surface area contributed by atoms with E-state index < -0.39 is 0 Å². The van der Waals surface area contributed by atoms with Crippen LogP contribution < -0.4 is 11.3 Å². The minimum absolute atomic E-state index is 0.148. The topological polar surface area (TPSA) is 38.0 Å². The van der Waals surface area contributed by atoms with Gasteiger partial charge >= 0.3 is 0 Å². The Balaban J connectivity index is 2.27. The van der Waals surface area contributed by atoms with Gasteiger partial charge in [-0.25, -0.2) is 5.43 Å². The molecule has 80 valence electrons. The molecule has 0 spiro atoms. The normalized spacial score (nSPS) is 12.9. The predicted octanol–water partition coefficient (Wildman–Crippen LogP) is 2.92. The monoisotopic (exact) mass is 238 g/mol. The fourth-order valence-electron chi connectivity index (χ4n) is 1.50. The van der Waals surface area contributed by atoms with E-state index in [-0.39, 0.29) is 6.04 Å². The molecule has 15 heavy (non-hydrogen) atoms. The van der Waals surface area contributed by atoms with E-state index in [2.05, 4.69) is 42.0 Å². The lowest BCUT2D eigenvalue weighted by molar-refractivity contribution is 0.656. The van der Waals surface area contributed by atoms with E-state index in [4.69, 9.17) is 5.84 Å². The van der Waals surface area contributed by atoms with Crippen molar-refractivity contribution in [2.45, 2.75) is 19.4 Å². The fourth-order valence-corrected chi connectivity index (χ4v) is 3.41. The number of thiophene rings is 2. The van der Waals surface area contributed by atoms with E-state index in [1.54, 1.807) is 11.3 Å². The van der Waals surface area contributed by atoms with Crippen LogP contribution in [-0.2, 0) is 6.42 Å². The molecule has 2 nitrogen and oxygen atoms in total. The number of hydrazine groups is 1. The number of hydrogen-bond donors (Lipinski definition) is 2. The standard InChI is InChI=1S/C11H14N2S2/c1-2-8-5-6-10(15-8)11(13-12)9-4-3-7-14-9/h3-7,11,13H,2,12H2,1H3. The van der Waals surface area contributed by atoms with E-state index in [0.29, 0.717) is 0 Å². The number of rotatable bonds is 4. The molecule has 0 aliphatic carbocycles. The number of aryl methyl sites for hydroxylation is 1. The number of nitrogens with one attached hydrogen (secondary N) is 1. The summed E-state index contributed by atoms with van der Waals surface area (Å²) in [5.41, 5.74) is 2.88. The van der Waals surface area contributed by atoms with E-state index in [0.717, 1.165) is 6.42 Å². The van der Waals surface area contributed by atoms with E-state index in [1.807, 2.05) is 11.3 Å². The highest BCUT2D eigenvalue weighted by Gasteiger charge is 2.14. The van der Waals surface area contributed by atoms with Crippen LogP contribution in [0.4, 0.5) is 0 Å². The van der Waals surface area contributed by atoms with E-state index in [9.17, 15) is 0 Å². The molecule has 1 unspecified atom stereocenters. The molecule has 0 aliphatic rings. The highest BCUT2D eigenvalue weighted by Crippen LogP contribution is 2.30. The molecule has 0 aliphatic heterocycles. The maximum atomic E-state index is 5.61. The second-order valence-corrected chi connectivity index (χ2v) is 5.45. The second-order valence-electron chi connectivity index (χ2n) is 3.27. The summed E-state index contributed by atoms with van der Waals surface area (Å²) in [7, 11) is 0. The molecule has 0 amide bonds. The van der Waals surface area contributed by atoms with Crippen molar-refractivity contribution in [3.63, 3.8) is 0 Å². The summed E-state index contributed by atoms with van der Waals surface area (Å²) in [5, 5.41) is 2.08. The Morgan fingerprint density at radius 1 is 1.33 bits per heavy atom. The summed E-state index contributed by atoms with van der Waals surface area (Å²) in [6, 6.07) is 8.65. The van der Waals surface area contributed by atoms with Gasteiger partial charge in [0.05, 0.1) is 6.04 Å². The van der Waals surface area contributed by atoms with Crippen LogP contribution in [0.15, 0.2) is 29.6 Å². The zero-order chi connectivity index (χ0) is 10.7. The highest BCUT2D eigenvalue weighted by atomic mass is 32.1. The van der Waals surface area contributed by atoms with Gasteiger partial charge < -0.3 is 0 Å². The molecule has 2 heterocycles. The third-order valence-electron chi connectivity index (χ3n) is 2.31. The summed E-state index contributed by atoms with van der Waals surface area (Å²) in [6.07, 6.45) is 1.09.